The molecule has 3 heterocycles. The highest BCUT2D eigenvalue weighted by molar-refractivity contribution is 5.83. The van der Waals surface area contributed by atoms with E-state index >= 15 is 0 Å². The van der Waals surface area contributed by atoms with Gasteiger partial charge in [0.05, 0.1) is 13.2 Å². The zero-order chi connectivity index (χ0) is 25.5. The van der Waals surface area contributed by atoms with Crippen LogP contribution < -0.4 is 11.2 Å². The number of aromatic nitrogens is 2. The summed E-state index contributed by atoms with van der Waals surface area (Å²) in [6, 6.07) is 7.34. The number of benzene rings is 1. The molecule has 0 saturated carbocycles. The number of H-pyrrole nitrogens is 1. The Balaban J connectivity index is 1.79. The summed E-state index contributed by atoms with van der Waals surface area (Å²) < 4.78 is 58.5. The summed E-state index contributed by atoms with van der Waals surface area (Å²) in [6.45, 7) is 1.36. The van der Waals surface area contributed by atoms with Gasteiger partial charge in [-0.25, -0.2) is 4.79 Å². The first-order valence-corrected chi connectivity index (χ1v) is 10.6. The van der Waals surface area contributed by atoms with Crippen molar-refractivity contribution in [1.82, 2.24) is 14.5 Å². The van der Waals surface area contributed by atoms with Gasteiger partial charge in [-0.2, -0.15) is 13.2 Å². The van der Waals surface area contributed by atoms with Crippen molar-refractivity contribution in [2.75, 3.05) is 13.2 Å². The average molecular weight is 497 g/mol. The Bertz CT molecular complexity index is 1240. The minimum absolute atomic E-state index is 0.0481. The van der Waals surface area contributed by atoms with Gasteiger partial charge in [0.15, 0.2) is 11.8 Å². The van der Waals surface area contributed by atoms with Gasteiger partial charge >= 0.3 is 23.7 Å². The van der Waals surface area contributed by atoms with Crippen LogP contribution in [0.2, 0.25) is 0 Å². The predicted octanol–water partition coefficient (Wildman–Crippen LogP) is 1.03. The number of aryl methyl sites for hydroxylation is 1. The fourth-order valence-corrected chi connectivity index (χ4v) is 4.44. The quantitative estimate of drug-likeness (QED) is 0.592. The number of amides is 1. The van der Waals surface area contributed by atoms with Gasteiger partial charge in [0, 0.05) is 18.7 Å². The number of halogens is 3. The number of nitrogens with one attached hydrogen (secondary N) is 1. The zero-order valence-electron chi connectivity index (χ0n) is 18.7. The maximum atomic E-state index is 13.5. The number of aromatic amines is 1. The highest BCUT2D eigenvalue weighted by Gasteiger charge is 2.69. The molecule has 188 valence electrons. The third-order valence-corrected chi connectivity index (χ3v) is 5.99. The lowest BCUT2D eigenvalue weighted by atomic mass is 10.00. The Kier molecular flexibility index (Phi) is 6.32. The Hall–Kier alpha value is -3.45. The number of nitrogens with zero attached hydrogens (tertiary/aromatic N) is 2. The number of hydrogen-bond donors (Lipinski definition) is 1. The molecule has 35 heavy (non-hydrogen) atoms. The monoisotopic (exact) mass is 497 g/mol. The van der Waals surface area contributed by atoms with Crippen LogP contribution in [0.4, 0.5) is 13.2 Å². The number of esters is 1. The van der Waals surface area contributed by atoms with Gasteiger partial charge in [0.1, 0.15) is 18.8 Å². The van der Waals surface area contributed by atoms with E-state index in [1.165, 1.54) is 6.92 Å². The number of fused-ring (bicyclic) bond motifs is 2. The van der Waals surface area contributed by atoms with E-state index in [1.807, 2.05) is 0 Å². The number of alkyl halides is 3. The molecule has 0 radical (unpaired) electrons. The summed E-state index contributed by atoms with van der Waals surface area (Å²) in [5.41, 5.74) is -2.52. The highest BCUT2D eigenvalue weighted by Crippen LogP contribution is 2.49. The summed E-state index contributed by atoms with van der Waals surface area (Å²) >= 11 is 0. The lowest BCUT2D eigenvalue weighted by molar-refractivity contribution is -0.204. The van der Waals surface area contributed by atoms with Crippen molar-refractivity contribution in [3.63, 3.8) is 0 Å². The van der Waals surface area contributed by atoms with Crippen LogP contribution in [0, 0.1) is 6.92 Å². The lowest BCUT2D eigenvalue weighted by Gasteiger charge is -2.37. The summed E-state index contributed by atoms with van der Waals surface area (Å²) in [6.07, 6.45) is -6.73. The first kappa shape index (κ1) is 24.7. The standard InChI is InChI=1S/C22H22F3N3O7/c1-12-8-27(20(32)26-17(12)30)18-15-16(33-9-14-6-4-3-5-7-14)21(35-18,11-34-13(2)29)10-28(15)19(31)22(23,24)25/h3-8,15-16,18H,9-11H2,1-2H3,(H,26,30,32)/t15-,16+,18+,21-/m0/s1. The van der Waals surface area contributed by atoms with E-state index in [1.54, 1.807) is 30.3 Å². The molecular formula is C22H22F3N3O7. The Labute approximate surface area is 196 Å². The first-order chi connectivity index (χ1) is 16.4. The van der Waals surface area contributed by atoms with E-state index in [2.05, 4.69) is 4.98 Å². The van der Waals surface area contributed by atoms with Crippen molar-refractivity contribution in [1.29, 1.82) is 0 Å². The number of carbonyl (C=O) groups excluding carboxylic acids is 2. The van der Waals surface area contributed by atoms with Gasteiger partial charge in [0.25, 0.3) is 5.56 Å². The molecule has 2 aliphatic heterocycles. The molecule has 4 atom stereocenters. The maximum absolute atomic E-state index is 13.5. The SMILES string of the molecule is CC(=O)OC[C@]12CN(C(=O)C(F)(F)F)[C@H]([C@H](n3cc(C)c(=O)[nH]c3=O)O1)[C@H]2OCc1ccccc1. The van der Waals surface area contributed by atoms with E-state index < -0.39 is 66.4 Å². The topological polar surface area (TPSA) is 120 Å². The smallest absolute Gasteiger partial charge is 0.463 e. The van der Waals surface area contributed by atoms with E-state index in [9.17, 15) is 32.3 Å². The zero-order valence-corrected chi connectivity index (χ0v) is 18.7. The van der Waals surface area contributed by atoms with Gasteiger partial charge in [0.2, 0.25) is 0 Å². The van der Waals surface area contributed by atoms with Crippen LogP contribution in [0.25, 0.3) is 0 Å². The molecule has 1 amide bonds. The second-order valence-corrected chi connectivity index (χ2v) is 8.47. The van der Waals surface area contributed by atoms with Crippen molar-refractivity contribution >= 4 is 11.9 Å². The molecule has 0 spiro atoms. The van der Waals surface area contributed by atoms with Gasteiger partial charge in [-0.3, -0.25) is 23.9 Å². The Morgan fingerprint density at radius 1 is 1.23 bits per heavy atom. The van der Waals surface area contributed by atoms with E-state index in [0.29, 0.717) is 10.5 Å². The van der Waals surface area contributed by atoms with Crippen LogP contribution in [0.5, 0.6) is 0 Å². The maximum Gasteiger partial charge on any atom is 0.471 e. The van der Waals surface area contributed by atoms with Gasteiger partial charge in [-0.15, -0.1) is 0 Å². The van der Waals surface area contributed by atoms with Crippen molar-refractivity contribution in [2.24, 2.45) is 0 Å². The van der Waals surface area contributed by atoms with Crippen LogP contribution in [0.1, 0.15) is 24.3 Å². The van der Waals surface area contributed by atoms with Crippen molar-refractivity contribution < 1.29 is 37.0 Å². The molecule has 2 bridgehead atoms. The Morgan fingerprint density at radius 3 is 2.54 bits per heavy atom. The molecule has 0 unspecified atom stereocenters. The third-order valence-electron chi connectivity index (χ3n) is 5.99. The minimum Gasteiger partial charge on any atom is -0.463 e. The molecule has 1 aromatic carbocycles. The number of morpholine rings is 1. The second kappa shape index (κ2) is 8.96. The second-order valence-electron chi connectivity index (χ2n) is 8.47. The Morgan fingerprint density at radius 2 is 1.91 bits per heavy atom. The molecule has 1 aromatic heterocycles. The predicted molar refractivity (Wildman–Crippen MR) is 112 cm³/mol. The third kappa shape index (κ3) is 4.60. The molecule has 0 aliphatic carbocycles. The van der Waals surface area contributed by atoms with Gasteiger partial charge < -0.3 is 19.1 Å². The van der Waals surface area contributed by atoms with Crippen LogP contribution in [-0.4, -0.2) is 63.4 Å². The molecular weight excluding hydrogens is 475 g/mol. The van der Waals surface area contributed by atoms with Crippen LogP contribution in [0.15, 0.2) is 46.1 Å². The average Bonchev–Trinajstić information content (AvgIpc) is 3.28. The summed E-state index contributed by atoms with van der Waals surface area (Å²) in [7, 11) is 0. The van der Waals surface area contributed by atoms with Crippen molar-refractivity contribution in [3.8, 4) is 0 Å². The molecule has 2 aliphatic rings. The fraction of sp³-hybridized carbons (Fsp3) is 0.455. The van der Waals surface area contributed by atoms with Crippen LogP contribution in [-0.2, 0) is 30.4 Å². The van der Waals surface area contributed by atoms with Gasteiger partial charge in [-0.05, 0) is 12.5 Å². The highest BCUT2D eigenvalue weighted by atomic mass is 19.4. The fourth-order valence-electron chi connectivity index (χ4n) is 4.44. The summed E-state index contributed by atoms with van der Waals surface area (Å²) in [4.78, 5) is 50.9. The normalized spacial score (nSPS) is 25.6. The molecule has 2 aromatic rings. The summed E-state index contributed by atoms with van der Waals surface area (Å²) in [5, 5.41) is 0. The van der Waals surface area contributed by atoms with Crippen LogP contribution in [0.3, 0.4) is 0 Å². The largest absolute Gasteiger partial charge is 0.471 e. The molecule has 2 saturated heterocycles. The lowest BCUT2D eigenvalue weighted by Crippen LogP contribution is -2.54. The molecule has 2 fully saturated rings. The number of ether oxygens (including phenoxy) is 3. The van der Waals surface area contributed by atoms with E-state index in [-0.39, 0.29) is 12.2 Å². The van der Waals surface area contributed by atoms with E-state index in [0.717, 1.165) is 17.7 Å². The number of carbonyl (C=O) groups is 2. The van der Waals surface area contributed by atoms with Gasteiger partial charge in [-0.1, -0.05) is 30.3 Å². The molecule has 1 N–H and O–H groups in total. The van der Waals surface area contributed by atoms with Crippen molar-refractivity contribution in [3.05, 3.63) is 68.5 Å². The van der Waals surface area contributed by atoms with E-state index in [4.69, 9.17) is 14.2 Å². The number of rotatable bonds is 6. The molecule has 13 heteroatoms. The molecule has 10 nitrogen and oxygen atoms in total. The van der Waals surface area contributed by atoms with Crippen LogP contribution >= 0.6 is 0 Å². The number of hydrogen-bond acceptors (Lipinski definition) is 7. The first-order valence-electron chi connectivity index (χ1n) is 10.6. The number of likely N-dealkylation sites (tertiary alicyclic amines) is 1. The summed E-state index contributed by atoms with van der Waals surface area (Å²) in [5.74, 6) is -2.87. The molecule has 4 rings (SSSR count). The minimum atomic E-state index is -5.21. The van der Waals surface area contributed by atoms with Crippen molar-refractivity contribution in [2.45, 2.75) is 50.6 Å².